The Balaban J connectivity index is 1.57. The topological polar surface area (TPSA) is 71.6 Å². The van der Waals surface area contributed by atoms with E-state index in [1.165, 1.54) is 12.3 Å². The van der Waals surface area contributed by atoms with Gasteiger partial charge >= 0.3 is 0 Å². The lowest BCUT2D eigenvalue weighted by Gasteiger charge is -2.26. The molecule has 4 rings (SSSR count). The molecule has 0 unspecified atom stereocenters. The van der Waals surface area contributed by atoms with Gasteiger partial charge < -0.3 is 19.4 Å². The number of amides is 1. The number of aryl methyl sites for hydroxylation is 1. The van der Waals surface area contributed by atoms with Crippen LogP contribution in [0.5, 0.6) is 11.5 Å². The maximum atomic E-state index is 12.9. The molecule has 1 fully saturated rings. The molecule has 1 amide bonds. The van der Waals surface area contributed by atoms with Crippen LogP contribution in [-0.2, 0) is 4.79 Å². The molecule has 0 saturated carbocycles. The van der Waals surface area contributed by atoms with Gasteiger partial charge in [-0.05, 0) is 36.8 Å². The van der Waals surface area contributed by atoms with Gasteiger partial charge in [-0.3, -0.25) is 9.59 Å². The highest BCUT2D eigenvalue weighted by Crippen LogP contribution is 2.38. The van der Waals surface area contributed by atoms with E-state index in [1.54, 1.807) is 14.0 Å². The van der Waals surface area contributed by atoms with E-state index < -0.39 is 0 Å². The molecule has 2 aromatic carbocycles. The average Bonchev–Trinajstić information content (AvgIpc) is 3.22. The second-order valence-electron chi connectivity index (χ2n) is 7.28. The second-order valence-corrected chi connectivity index (χ2v) is 7.28. The van der Waals surface area contributed by atoms with Gasteiger partial charge in [-0.2, -0.15) is 0 Å². The average molecular weight is 392 g/mol. The van der Waals surface area contributed by atoms with Crippen molar-refractivity contribution in [3.8, 4) is 11.5 Å². The van der Waals surface area contributed by atoms with Gasteiger partial charge in [0.25, 0.3) is 5.91 Å². The molecule has 0 bridgehead atoms. The number of H-pyrrole nitrogens is 1. The van der Waals surface area contributed by atoms with E-state index >= 15 is 0 Å². The Morgan fingerprint density at radius 2 is 1.97 bits per heavy atom. The number of rotatable bonds is 5. The number of methoxy groups -OCH3 is 1. The van der Waals surface area contributed by atoms with Gasteiger partial charge in [-0.15, -0.1) is 0 Å². The van der Waals surface area contributed by atoms with Crippen molar-refractivity contribution in [3.63, 3.8) is 0 Å². The van der Waals surface area contributed by atoms with E-state index in [4.69, 9.17) is 9.47 Å². The summed E-state index contributed by atoms with van der Waals surface area (Å²) in [5.74, 6) is 0.865. The maximum absolute atomic E-state index is 12.9. The van der Waals surface area contributed by atoms with Gasteiger partial charge in [-0.1, -0.05) is 30.3 Å². The molecule has 1 atom stereocenters. The molecule has 3 aromatic rings. The lowest BCUT2D eigenvalue weighted by molar-refractivity contribution is -0.134. The number of carbonyl (C=O) groups excluding carboxylic acids is 1. The quantitative estimate of drug-likeness (QED) is 0.720. The zero-order valence-corrected chi connectivity index (χ0v) is 16.6. The molecule has 1 aliphatic heterocycles. The maximum Gasteiger partial charge on any atom is 0.261 e. The molecule has 6 heteroatoms. The third-order valence-corrected chi connectivity index (χ3v) is 5.44. The van der Waals surface area contributed by atoms with Crippen molar-refractivity contribution in [2.75, 3.05) is 20.3 Å². The van der Waals surface area contributed by atoms with Crippen LogP contribution in [0.3, 0.4) is 0 Å². The molecule has 1 N–H and O–H groups in total. The number of likely N-dealkylation sites (tertiary alicyclic amines) is 1. The molecule has 1 aromatic heterocycles. The summed E-state index contributed by atoms with van der Waals surface area (Å²) >= 11 is 0. The van der Waals surface area contributed by atoms with Crippen LogP contribution in [0.25, 0.3) is 10.8 Å². The number of nitrogens with one attached hydrogen (secondary N) is 1. The number of hydrogen-bond donors (Lipinski definition) is 1. The number of aromatic amines is 1. The van der Waals surface area contributed by atoms with Crippen molar-refractivity contribution in [2.45, 2.75) is 25.8 Å². The summed E-state index contributed by atoms with van der Waals surface area (Å²) in [6.45, 7) is 2.32. The minimum absolute atomic E-state index is 0.0155. The van der Waals surface area contributed by atoms with Crippen molar-refractivity contribution >= 4 is 16.7 Å². The van der Waals surface area contributed by atoms with Crippen LogP contribution < -0.4 is 14.9 Å². The molecule has 1 saturated heterocycles. The fourth-order valence-corrected chi connectivity index (χ4v) is 4.05. The first kappa shape index (κ1) is 19.1. The molecule has 0 aliphatic carbocycles. The summed E-state index contributed by atoms with van der Waals surface area (Å²) in [7, 11) is 1.66. The van der Waals surface area contributed by atoms with Gasteiger partial charge in [0.1, 0.15) is 5.75 Å². The number of ether oxygens (including phenoxy) is 2. The Morgan fingerprint density at radius 1 is 1.17 bits per heavy atom. The molecular formula is C23H24N2O4. The fourth-order valence-electron chi connectivity index (χ4n) is 4.05. The SMILES string of the molecule is COc1ccc([C@H]2CCCN2C(=O)COc2c[nH]c(C)cc2=O)c2ccccc12. The van der Waals surface area contributed by atoms with Gasteiger partial charge in [0.05, 0.1) is 13.2 Å². The van der Waals surface area contributed by atoms with Crippen molar-refractivity contribution in [3.05, 3.63) is 70.1 Å². The highest BCUT2D eigenvalue weighted by molar-refractivity contribution is 5.92. The first-order valence-electron chi connectivity index (χ1n) is 9.75. The van der Waals surface area contributed by atoms with Crippen LogP contribution in [0.4, 0.5) is 0 Å². The number of pyridine rings is 1. The summed E-state index contributed by atoms with van der Waals surface area (Å²) < 4.78 is 11.0. The largest absolute Gasteiger partial charge is 0.496 e. The molecule has 150 valence electrons. The molecule has 6 nitrogen and oxygen atoms in total. The second kappa shape index (κ2) is 7.99. The van der Waals surface area contributed by atoms with Crippen LogP contribution in [-0.4, -0.2) is 36.1 Å². The predicted octanol–water partition coefficient (Wildman–Crippen LogP) is 3.59. The number of benzene rings is 2. The summed E-state index contributed by atoms with van der Waals surface area (Å²) in [6, 6.07) is 13.5. The molecular weight excluding hydrogens is 368 g/mol. The molecule has 0 spiro atoms. The van der Waals surface area contributed by atoms with Crippen LogP contribution in [0.2, 0.25) is 0 Å². The zero-order valence-electron chi connectivity index (χ0n) is 16.6. The van der Waals surface area contributed by atoms with Crippen molar-refractivity contribution in [1.29, 1.82) is 0 Å². The first-order chi connectivity index (χ1) is 14.1. The number of nitrogens with zero attached hydrogens (tertiary/aromatic N) is 1. The van der Waals surface area contributed by atoms with Crippen molar-refractivity contribution < 1.29 is 14.3 Å². The van der Waals surface area contributed by atoms with Gasteiger partial charge in [0, 0.05) is 29.9 Å². The molecule has 29 heavy (non-hydrogen) atoms. The van der Waals surface area contributed by atoms with E-state index in [2.05, 4.69) is 11.1 Å². The highest BCUT2D eigenvalue weighted by atomic mass is 16.5. The minimum Gasteiger partial charge on any atom is -0.496 e. The van der Waals surface area contributed by atoms with Crippen LogP contribution in [0.15, 0.2) is 53.5 Å². The zero-order chi connectivity index (χ0) is 20.4. The third-order valence-electron chi connectivity index (χ3n) is 5.44. The van der Waals surface area contributed by atoms with Gasteiger partial charge in [0.2, 0.25) is 5.43 Å². The lowest BCUT2D eigenvalue weighted by Crippen LogP contribution is -2.35. The van der Waals surface area contributed by atoms with Crippen LogP contribution in [0, 0.1) is 6.92 Å². The number of aromatic nitrogens is 1. The minimum atomic E-state index is -0.229. The summed E-state index contributed by atoms with van der Waals surface area (Å²) in [5.41, 5.74) is 1.63. The lowest BCUT2D eigenvalue weighted by atomic mass is 9.96. The Bertz CT molecular complexity index is 1110. The third kappa shape index (κ3) is 3.70. The Morgan fingerprint density at radius 3 is 2.72 bits per heavy atom. The van der Waals surface area contributed by atoms with Crippen LogP contribution in [0.1, 0.15) is 30.1 Å². The monoisotopic (exact) mass is 392 g/mol. The molecule has 0 radical (unpaired) electrons. The summed E-state index contributed by atoms with van der Waals surface area (Å²) in [4.78, 5) is 29.7. The molecule has 2 heterocycles. The standard InChI is InChI=1S/C23H24N2O4/c1-15-12-20(26)22(13-24-15)29-14-23(27)25-11-5-8-19(25)17-9-10-21(28-2)18-7-4-3-6-16(17)18/h3-4,6-7,9-10,12-13,19H,5,8,11,14H2,1-2H3,(H,24,26)/t19-/m1/s1. The summed E-state index contributed by atoms with van der Waals surface area (Å²) in [6.07, 6.45) is 3.33. The van der Waals surface area contributed by atoms with E-state index in [1.807, 2.05) is 35.2 Å². The summed E-state index contributed by atoms with van der Waals surface area (Å²) in [5, 5.41) is 2.13. The Labute approximate surface area is 169 Å². The van der Waals surface area contributed by atoms with E-state index in [-0.39, 0.29) is 29.7 Å². The molecule has 1 aliphatic rings. The number of carbonyl (C=O) groups is 1. The van der Waals surface area contributed by atoms with E-state index in [9.17, 15) is 9.59 Å². The van der Waals surface area contributed by atoms with Gasteiger partial charge in [-0.25, -0.2) is 0 Å². The predicted molar refractivity (Wildman–Crippen MR) is 111 cm³/mol. The number of hydrogen-bond acceptors (Lipinski definition) is 4. The number of fused-ring (bicyclic) bond motifs is 1. The van der Waals surface area contributed by atoms with Gasteiger partial charge in [0.15, 0.2) is 12.4 Å². The van der Waals surface area contributed by atoms with E-state index in [0.29, 0.717) is 6.54 Å². The normalized spacial score (nSPS) is 16.2. The smallest absolute Gasteiger partial charge is 0.261 e. The van der Waals surface area contributed by atoms with Crippen molar-refractivity contribution in [1.82, 2.24) is 9.88 Å². The van der Waals surface area contributed by atoms with Crippen molar-refractivity contribution in [2.24, 2.45) is 0 Å². The Hall–Kier alpha value is -3.28. The fraction of sp³-hybridized carbons (Fsp3) is 0.304. The van der Waals surface area contributed by atoms with E-state index in [0.717, 1.165) is 40.6 Å². The highest BCUT2D eigenvalue weighted by Gasteiger charge is 2.31. The first-order valence-corrected chi connectivity index (χ1v) is 9.75. The Kier molecular flexibility index (Phi) is 5.25. The van der Waals surface area contributed by atoms with Crippen LogP contribution >= 0.6 is 0 Å².